The second-order valence-corrected chi connectivity index (χ2v) is 6.63. The highest BCUT2D eigenvalue weighted by molar-refractivity contribution is 9.10. The first-order valence-corrected chi connectivity index (χ1v) is 7.45. The van der Waals surface area contributed by atoms with Crippen molar-refractivity contribution < 1.29 is 9.90 Å². The van der Waals surface area contributed by atoms with Gasteiger partial charge in [0, 0.05) is 11.1 Å². The van der Waals surface area contributed by atoms with Crippen molar-refractivity contribution >= 4 is 45.0 Å². The summed E-state index contributed by atoms with van der Waals surface area (Å²) in [5.41, 5.74) is 0.775. The molecule has 0 aliphatic rings. The van der Waals surface area contributed by atoms with Crippen molar-refractivity contribution in [2.75, 3.05) is 0 Å². The van der Waals surface area contributed by atoms with Gasteiger partial charge in [-0.15, -0.1) is 11.3 Å². The second-order valence-electron chi connectivity index (χ2n) is 3.45. The van der Waals surface area contributed by atoms with Gasteiger partial charge >= 0.3 is 5.97 Å². The number of thiazole rings is 1. The van der Waals surface area contributed by atoms with Crippen LogP contribution in [-0.4, -0.2) is 21.0 Å². The van der Waals surface area contributed by atoms with E-state index in [2.05, 4.69) is 25.9 Å². The van der Waals surface area contributed by atoms with E-state index in [1.807, 2.05) is 19.1 Å². The molecule has 2 heterocycles. The van der Waals surface area contributed by atoms with E-state index in [-0.39, 0.29) is 6.42 Å². The molecule has 0 saturated heterocycles. The zero-order chi connectivity index (χ0) is 13.1. The van der Waals surface area contributed by atoms with E-state index in [1.54, 1.807) is 6.20 Å². The number of aromatic nitrogens is 2. The standard InChI is InChI=1S/C11H9BrN2O2S2/c1-6-8(5-9(15)16)17-11(14-6)18-10-7(12)3-2-4-13-10/h2-4H,5H2,1H3,(H,15,16). The van der Waals surface area contributed by atoms with Crippen LogP contribution < -0.4 is 0 Å². The Labute approximate surface area is 121 Å². The molecule has 18 heavy (non-hydrogen) atoms. The highest BCUT2D eigenvalue weighted by Crippen LogP contribution is 2.35. The number of carboxylic acid groups (broad SMARTS) is 1. The zero-order valence-electron chi connectivity index (χ0n) is 9.38. The summed E-state index contributed by atoms with van der Waals surface area (Å²) in [7, 11) is 0. The fourth-order valence-corrected chi connectivity index (χ4v) is 3.89. The Morgan fingerprint density at radius 1 is 1.61 bits per heavy atom. The number of carbonyl (C=O) groups is 1. The average Bonchev–Trinajstić information content (AvgIpc) is 2.62. The Hall–Kier alpha value is -0.920. The third-order valence-corrected chi connectivity index (χ3v) is 5.23. The van der Waals surface area contributed by atoms with Crippen LogP contribution in [0.5, 0.6) is 0 Å². The Bertz CT molecular complexity index is 586. The lowest BCUT2D eigenvalue weighted by Gasteiger charge is -1.98. The molecule has 1 N–H and O–H groups in total. The highest BCUT2D eigenvalue weighted by atomic mass is 79.9. The third kappa shape index (κ3) is 3.30. The Balaban J connectivity index is 2.20. The predicted molar refractivity (Wildman–Crippen MR) is 74.3 cm³/mol. The predicted octanol–water partition coefficient (Wildman–Crippen LogP) is 3.39. The second kappa shape index (κ2) is 5.81. The maximum absolute atomic E-state index is 10.7. The molecule has 2 rings (SSSR count). The van der Waals surface area contributed by atoms with Crippen LogP contribution in [-0.2, 0) is 11.2 Å². The number of carboxylic acids is 1. The summed E-state index contributed by atoms with van der Waals surface area (Å²) in [5, 5.41) is 9.61. The van der Waals surface area contributed by atoms with E-state index in [0.29, 0.717) is 0 Å². The number of rotatable bonds is 4. The topological polar surface area (TPSA) is 63.1 Å². The van der Waals surface area contributed by atoms with Crippen molar-refractivity contribution in [3.63, 3.8) is 0 Å². The quantitative estimate of drug-likeness (QED) is 0.920. The van der Waals surface area contributed by atoms with Gasteiger partial charge in [-0.25, -0.2) is 9.97 Å². The van der Waals surface area contributed by atoms with Gasteiger partial charge in [-0.1, -0.05) is 0 Å². The molecule has 0 aliphatic heterocycles. The normalized spacial score (nSPS) is 10.6. The van der Waals surface area contributed by atoms with E-state index in [1.165, 1.54) is 23.1 Å². The molecule has 0 fully saturated rings. The van der Waals surface area contributed by atoms with Gasteiger partial charge in [0.1, 0.15) is 5.03 Å². The largest absolute Gasteiger partial charge is 0.481 e. The lowest BCUT2D eigenvalue weighted by Crippen LogP contribution is -1.99. The van der Waals surface area contributed by atoms with Gasteiger partial charge in [-0.3, -0.25) is 4.79 Å². The first-order valence-electron chi connectivity index (χ1n) is 5.02. The molecule has 0 radical (unpaired) electrons. The summed E-state index contributed by atoms with van der Waals surface area (Å²) in [4.78, 5) is 20.1. The van der Waals surface area contributed by atoms with Crippen molar-refractivity contribution in [3.8, 4) is 0 Å². The summed E-state index contributed by atoms with van der Waals surface area (Å²) in [6, 6.07) is 3.76. The van der Waals surface area contributed by atoms with Crippen molar-refractivity contribution in [3.05, 3.63) is 33.4 Å². The number of hydrogen-bond donors (Lipinski definition) is 1. The molecule has 0 atom stereocenters. The maximum atomic E-state index is 10.7. The van der Waals surface area contributed by atoms with Crippen molar-refractivity contribution in [1.82, 2.24) is 9.97 Å². The van der Waals surface area contributed by atoms with Gasteiger partial charge in [0.05, 0.1) is 16.6 Å². The van der Waals surface area contributed by atoms with Crippen LogP contribution in [0.3, 0.4) is 0 Å². The maximum Gasteiger partial charge on any atom is 0.308 e. The van der Waals surface area contributed by atoms with Crippen LogP contribution >= 0.6 is 39.0 Å². The van der Waals surface area contributed by atoms with Gasteiger partial charge in [-0.2, -0.15) is 0 Å². The highest BCUT2D eigenvalue weighted by Gasteiger charge is 2.13. The number of aryl methyl sites for hydroxylation is 1. The van der Waals surface area contributed by atoms with Gasteiger partial charge in [0.2, 0.25) is 0 Å². The van der Waals surface area contributed by atoms with Gasteiger partial charge in [0.25, 0.3) is 0 Å². The number of halogens is 1. The molecule has 0 unspecified atom stereocenters. The van der Waals surface area contributed by atoms with Crippen LogP contribution in [0.2, 0.25) is 0 Å². The number of nitrogens with zero attached hydrogens (tertiary/aromatic N) is 2. The molecule has 0 bridgehead atoms. The molecule has 94 valence electrons. The minimum atomic E-state index is -0.836. The SMILES string of the molecule is Cc1nc(Sc2ncccc2Br)sc1CC(=O)O. The van der Waals surface area contributed by atoms with Crippen molar-refractivity contribution in [2.45, 2.75) is 22.7 Å². The molecular weight excluding hydrogens is 336 g/mol. The van der Waals surface area contributed by atoms with Crippen LogP contribution in [0, 0.1) is 6.92 Å². The summed E-state index contributed by atoms with van der Waals surface area (Å²) in [6.45, 7) is 1.83. The Morgan fingerprint density at radius 3 is 3.06 bits per heavy atom. The van der Waals surface area contributed by atoms with Crippen molar-refractivity contribution in [2.24, 2.45) is 0 Å². The van der Waals surface area contributed by atoms with E-state index >= 15 is 0 Å². The smallest absolute Gasteiger partial charge is 0.308 e. The minimum absolute atomic E-state index is 0.0213. The van der Waals surface area contributed by atoms with E-state index < -0.39 is 5.97 Å². The summed E-state index contributed by atoms with van der Waals surface area (Å²) in [5.74, 6) is -0.836. The van der Waals surface area contributed by atoms with Crippen LogP contribution in [0.25, 0.3) is 0 Å². The fraction of sp³-hybridized carbons (Fsp3) is 0.182. The van der Waals surface area contributed by atoms with Gasteiger partial charge < -0.3 is 5.11 Å². The first-order chi connectivity index (χ1) is 8.56. The molecular formula is C11H9BrN2O2S2. The average molecular weight is 345 g/mol. The number of aliphatic carboxylic acids is 1. The molecule has 0 amide bonds. The molecule has 0 saturated carbocycles. The molecule has 4 nitrogen and oxygen atoms in total. The molecule has 0 aromatic carbocycles. The lowest BCUT2D eigenvalue weighted by atomic mass is 10.3. The van der Waals surface area contributed by atoms with Crippen molar-refractivity contribution in [1.29, 1.82) is 0 Å². The zero-order valence-corrected chi connectivity index (χ0v) is 12.6. The minimum Gasteiger partial charge on any atom is -0.481 e. The Morgan fingerprint density at radius 2 is 2.39 bits per heavy atom. The molecule has 2 aromatic rings. The summed E-state index contributed by atoms with van der Waals surface area (Å²) in [6.07, 6.45) is 1.74. The fourth-order valence-electron chi connectivity index (χ4n) is 1.28. The van der Waals surface area contributed by atoms with Crippen LogP contribution in [0.15, 0.2) is 32.2 Å². The Kier molecular flexibility index (Phi) is 4.36. The summed E-state index contributed by atoms with van der Waals surface area (Å²) >= 11 is 6.25. The summed E-state index contributed by atoms with van der Waals surface area (Å²) < 4.78 is 1.71. The lowest BCUT2D eigenvalue weighted by molar-refractivity contribution is -0.136. The molecule has 2 aromatic heterocycles. The molecule has 0 aliphatic carbocycles. The third-order valence-electron chi connectivity index (χ3n) is 2.09. The molecule has 0 spiro atoms. The van der Waals surface area contributed by atoms with Gasteiger partial charge in [0.15, 0.2) is 4.34 Å². The molecule has 7 heteroatoms. The van der Waals surface area contributed by atoms with E-state index in [0.717, 1.165) is 24.4 Å². The monoisotopic (exact) mass is 344 g/mol. The van der Waals surface area contributed by atoms with Gasteiger partial charge in [-0.05, 0) is 46.7 Å². The van der Waals surface area contributed by atoms with E-state index in [4.69, 9.17) is 5.11 Å². The number of hydrogen-bond acceptors (Lipinski definition) is 5. The van der Waals surface area contributed by atoms with E-state index in [9.17, 15) is 4.79 Å². The van der Waals surface area contributed by atoms with Crippen LogP contribution in [0.1, 0.15) is 10.6 Å². The first kappa shape index (κ1) is 13.5. The number of pyridine rings is 1. The van der Waals surface area contributed by atoms with Crippen LogP contribution in [0.4, 0.5) is 0 Å².